The predicted molar refractivity (Wildman–Crippen MR) is 46.0 cm³/mol. The van der Waals surface area contributed by atoms with Crippen LogP contribution >= 0.6 is 11.6 Å². The average molecular weight is 188 g/mol. The summed E-state index contributed by atoms with van der Waals surface area (Å²) in [5.74, 6) is -0.510. The Morgan fingerprint density at radius 2 is 2.25 bits per heavy atom. The third-order valence-electron chi connectivity index (χ3n) is 1.45. The van der Waals surface area contributed by atoms with Crippen molar-refractivity contribution in [1.82, 2.24) is 0 Å². The number of halogens is 2. The van der Waals surface area contributed by atoms with Gasteiger partial charge in [-0.2, -0.15) is 0 Å². The van der Waals surface area contributed by atoms with E-state index in [0.29, 0.717) is 5.46 Å². The first-order chi connectivity index (χ1) is 5.65. The number of hydrogen-bond donors (Lipinski definition) is 1. The van der Waals surface area contributed by atoms with Crippen LogP contribution in [0.25, 0.3) is 0 Å². The van der Waals surface area contributed by atoms with Crippen LogP contribution in [0.15, 0.2) is 18.2 Å². The monoisotopic (exact) mass is 188 g/mol. The van der Waals surface area contributed by atoms with Crippen LogP contribution in [0, 0.1) is 5.82 Å². The summed E-state index contributed by atoms with van der Waals surface area (Å²) in [4.78, 5) is 0. The highest BCUT2D eigenvalue weighted by Gasteiger charge is 2.15. The fraction of sp³-hybridized carbons (Fsp3) is 0.143. The van der Waals surface area contributed by atoms with Gasteiger partial charge in [-0.25, -0.2) is 4.39 Å². The second kappa shape index (κ2) is 3.89. The van der Waals surface area contributed by atoms with Gasteiger partial charge in [0.05, 0.1) is 5.02 Å². The summed E-state index contributed by atoms with van der Waals surface area (Å²) < 4.78 is 17.2. The maximum atomic E-state index is 12.6. The van der Waals surface area contributed by atoms with Crippen molar-refractivity contribution in [2.45, 2.75) is 0 Å². The molecule has 0 heterocycles. The molecular formula is C7H7BClFO2. The molecule has 0 unspecified atom stereocenters. The Labute approximate surface area is 75.1 Å². The largest absolute Gasteiger partial charge is 0.490 e. The molecule has 0 saturated carbocycles. The fourth-order valence-corrected chi connectivity index (χ4v) is 0.991. The van der Waals surface area contributed by atoms with E-state index in [2.05, 4.69) is 4.65 Å². The Hall–Kier alpha value is -0.575. The third-order valence-corrected chi connectivity index (χ3v) is 1.74. The topological polar surface area (TPSA) is 29.5 Å². The Morgan fingerprint density at radius 3 is 2.75 bits per heavy atom. The van der Waals surface area contributed by atoms with Gasteiger partial charge in [0.2, 0.25) is 0 Å². The maximum Gasteiger partial charge on any atom is 0.490 e. The molecule has 0 aliphatic carbocycles. The van der Waals surface area contributed by atoms with Crippen molar-refractivity contribution in [3.63, 3.8) is 0 Å². The molecule has 0 spiro atoms. The first-order valence-electron chi connectivity index (χ1n) is 3.31. The van der Waals surface area contributed by atoms with Crippen molar-refractivity contribution in [2.75, 3.05) is 7.11 Å². The molecule has 0 saturated heterocycles. The van der Waals surface area contributed by atoms with Crippen LogP contribution in [0.4, 0.5) is 4.39 Å². The van der Waals surface area contributed by atoms with Gasteiger partial charge in [-0.1, -0.05) is 17.7 Å². The summed E-state index contributed by atoms with van der Waals surface area (Å²) in [5.41, 5.74) is 0.434. The summed E-state index contributed by atoms with van der Waals surface area (Å²) in [6.07, 6.45) is 0. The lowest BCUT2D eigenvalue weighted by Gasteiger charge is -2.03. The van der Waals surface area contributed by atoms with Crippen molar-refractivity contribution >= 4 is 24.2 Å². The molecule has 1 N–H and O–H groups in total. The lowest BCUT2D eigenvalue weighted by atomic mass is 9.80. The average Bonchev–Trinajstić information content (AvgIpc) is 2.08. The van der Waals surface area contributed by atoms with Gasteiger partial charge in [-0.3, -0.25) is 0 Å². The van der Waals surface area contributed by atoms with Crippen molar-refractivity contribution in [3.05, 3.63) is 29.0 Å². The zero-order chi connectivity index (χ0) is 9.14. The molecule has 0 amide bonds. The highest BCUT2D eigenvalue weighted by atomic mass is 35.5. The van der Waals surface area contributed by atoms with E-state index in [4.69, 9.17) is 16.6 Å². The Morgan fingerprint density at radius 1 is 1.58 bits per heavy atom. The van der Waals surface area contributed by atoms with Crippen LogP contribution in [0.5, 0.6) is 0 Å². The second-order valence-corrected chi connectivity index (χ2v) is 2.67. The first-order valence-corrected chi connectivity index (χ1v) is 3.68. The van der Waals surface area contributed by atoms with Gasteiger partial charge in [-0.15, -0.1) is 0 Å². The number of rotatable bonds is 2. The van der Waals surface area contributed by atoms with Crippen molar-refractivity contribution < 1.29 is 14.1 Å². The SMILES string of the molecule is COB(O)c1ccc(F)c(Cl)c1. The molecule has 64 valence electrons. The zero-order valence-electron chi connectivity index (χ0n) is 6.42. The lowest BCUT2D eigenvalue weighted by molar-refractivity contribution is 0.341. The van der Waals surface area contributed by atoms with E-state index >= 15 is 0 Å². The summed E-state index contributed by atoms with van der Waals surface area (Å²) >= 11 is 5.47. The van der Waals surface area contributed by atoms with Gasteiger partial charge in [0.25, 0.3) is 0 Å². The van der Waals surface area contributed by atoms with E-state index in [9.17, 15) is 4.39 Å². The number of benzene rings is 1. The van der Waals surface area contributed by atoms with Crippen LogP contribution < -0.4 is 5.46 Å². The molecule has 1 aromatic carbocycles. The van der Waals surface area contributed by atoms with Gasteiger partial charge < -0.3 is 9.68 Å². The van der Waals surface area contributed by atoms with Gasteiger partial charge >= 0.3 is 7.12 Å². The van der Waals surface area contributed by atoms with Gasteiger partial charge in [0.1, 0.15) is 5.82 Å². The molecule has 0 bridgehead atoms. The van der Waals surface area contributed by atoms with Crippen LogP contribution in [0.3, 0.4) is 0 Å². The van der Waals surface area contributed by atoms with Crippen LogP contribution in [0.2, 0.25) is 5.02 Å². The molecule has 0 aromatic heterocycles. The molecule has 0 fully saturated rings. The van der Waals surface area contributed by atoms with Crippen LogP contribution in [0.1, 0.15) is 0 Å². The molecule has 5 heteroatoms. The molecular weight excluding hydrogens is 181 g/mol. The Kier molecular flexibility index (Phi) is 3.09. The van der Waals surface area contributed by atoms with Gasteiger partial charge in [0.15, 0.2) is 0 Å². The fourth-order valence-electron chi connectivity index (χ4n) is 0.802. The van der Waals surface area contributed by atoms with Crippen molar-refractivity contribution in [2.24, 2.45) is 0 Å². The molecule has 2 nitrogen and oxygen atoms in total. The van der Waals surface area contributed by atoms with E-state index in [1.807, 2.05) is 0 Å². The molecule has 0 aliphatic rings. The molecule has 0 atom stereocenters. The quantitative estimate of drug-likeness (QED) is 0.696. The summed E-state index contributed by atoms with van der Waals surface area (Å²) in [6, 6.07) is 3.92. The van der Waals surface area contributed by atoms with Crippen molar-refractivity contribution in [3.8, 4) is 0 Å². The summed E-state index contributed by atoms with van der Waals surface area (Å²) in [7, 11) is 0.296. The summed E-state index contributed by atoms with van der Waals surface area (Å²) in [6.45, 7) is 0. The lowest BCUT2D eigenvalue weighted by Crippen LogP contribution is -2.32. The molecule has 0 radical (unpaired) electrons. The minimum atomic E-state index is -1.05. The molecule has 0 aliphatic heterocycles. The second-order valence-electron chi connectivity index (χ2n) is 2.26. The minimum absolute atomic E-state index is 0.0244. The van der Waals surface area contributed by atoms with Gasteiger partial charge in [0, 0.05) is 7.11 Å². The predicted octanol–water partition coefficient (Wildman–Crippen LogP) is 0.813. The highest BCUT2D eigenvalue weighted by molar-refractivity contribution is 6.60. The van der Waals surface area contributed by atoms with E-state index in [1.54, 1.807) is 0 Å². The van der Waals surface area contributed by atoms with E-state index in [1.165, 1.54) is 25.3 Å². The highest BCUT2D eigenvalue weighted by Crippen LogP contribution is 2.11. The molecule has 1 aromatic rings. The third kappa shape index (κ3) is 1.97. The summed E-state index contributed by atoms with van der Waals surface area (Å²) in [5, 5.41) is 9.12. The van der Waals surface area contributed by atoms with Crippen LogP contribution in [-0.4, -0.2) is 19.3 Å². The molecule has 1 rings (SSSR count). The number of hydrogen-bond acceptors (Lipinski definition) is 2. The molecule has 12 heavy (non-hydrogen) atoms. The standard InChI is InChI=1S/C7H7BClFO2/c1-12-8(11)5-2-3-7(10)6(9)4-5/h2-4,11H,1H3. The Bertz CT molecular complexity index is 282. The normalized spacial score (nSPS) is 10.0. The maximum absolute atomic E-state index is 12.6. The zero-order valence-corrected chi connectivity index (χ0v) is 7.18. The van der Waals surface area contributed by atoms with E-state index in [-0.39, 0.29) is 5.02 Å². The van der Waals surface area contributed by atoms with E-state index in [0.717, 1.165) is 0 Å². The Balaban J connectivity index is 2.96. The van der Waals surface area contributed by atoms with Crippen molar-refractivity contribution in [1.29, 1.82) is 0 Å². The van der Waals surface area contributed by atoms with Crippen LogP contribution in [-0.2, 0) is 4.65 Å². The smallest absolute Gasteiger partial charge is 0.423 e. The van der Waals surface area contributed by atoms with Gasteiger partial charge in [-0.05, 0) is 17.6 Å². The minimum Gasteiger partial charge on any atom is -0.423 e. The van der Waals surface area contributed by atoms with E-state index < -0.39 is 12.9 Å². The first kappa shape index (κ1) is 9.51.